The van der Waals surface area contributed by atoms with Gasteiger partial charge in [0, 0.05) is 26.2 Å². The van der Waals surface area contributed by atoms with Crippen molar-refractivity contribution in [3.05, 3.63) is 48.2 Å². The van der Waals surface area contributed by atoms with Gasteiger partial charge in [-0.3, -0.25) is 4.57 Å². The van der Waals surface area contributed by atoms with Crippen molar-refractivity contribution in [1.82, 2.24) is 24.4 Å². The lowest BCUT2D eigenvalue weighted by atomic mass is 10.0. The van der Waals surface area contributed by atoms with Gasteiger partial charge in [0.1, 0.15) is 17.7 Å². The Morgan fingerprint density at radius 3 is 2.70 bits per heavy atom. The number of hydrogen-bond donors (Lipinski definition) is 0. The minimum atomic E-state index is -0.262. The largest absolute Gasteiger partial charge is 0.450 e. The molecule has 0 saturated carbocycles. The van der Waals surface area contributed by atoms with E-state index in [2.05, 4.69) is 14.9 Å². The topological polar surface area (TPSA) is 76.4 Å². The summed E-state index contributed by atoms with van der Waals surface area (Å²) in [6, 6.07) is 6.68. The molecule has 1 aliphatic heterocycles. The molecule has 1 saturated heterocycles. The first-order valence-electron chi connectivity index (χ1n) is 10.1. The smallest absolute Gasteiger partial charge is 0.409 e. The Morgan fingerprint density at radius 2 is 2.00 bits per heavy atom. The summed E-state index contributed by atoms with van der Waals surface area (Å²) in [5.41, 5.74) is 2.41. The minimum absolute atomic E-state index is 0.229. The first kappa shape index (κ1) is 20.1. The van der Waals surface area contributed by atoms with E-state index in [1.54, 1.807) is 23.2 Å². The third-order valence-electron chi connectivity index (χ3n) is 5.50. The van der Waals surface area contributed by atoms with Crippen LogP contribution in [0.2, 0.25) is 0 Å². The molecule has 1 aliphatic rings. The fraction of sp³-hybridized carbons (Fsp3) is 0.429. The molecule has 0 aliphatic carbocycles. The first-order valence-corrected chi connectivity index (χ1v) is 10.1. The van der Waals surface area contributed by atoms with Gasteiger partial charge < -0.3 is 14.5 Å². The van der Waals surface area contributed by atoms with Crippen molar-refractivity contribution in [2.75, 3.05) is 31.6 Å². The van der Waals surface area contributed by atoms with E-state index in [1.807, 2.05) is 18.5 Å². The van der Waals surface area contributed by atoms with E-state index >= 15 is 0 Å². The zero-order valence-corrected chi connectivity index (χ0v) is 17.2. The Bertz CT molecular complexity index is 1010. The number of hydrogen-bond acceptors (Lipinski definition) is 6. The van der Waals surface area contributed by atoms with Crippen LogP contribution >= 0.6 is 0 Å². The third kappa shape index (κ3) is 4.05. The molecule has 2 aromatic heterocycles. The number of amides is 1. The summed E-state index contributed by atoms with van der Waals surface area (Å²) >= 11 is 0. The van der Waals surface area contributed by atoms with Gasteiger partial charge in [-0.2, -0.15) is 0 Å². The van der Waals surface area contributed by atoms with Gasteiger partial charge in [-0.15, -0.1) is 0 Å². The van der Waals surface area contributed by atoms with E-state index in [4.69, 9.17) is 9.72 Å². The van der Waals surface area contributed by atoms with Crippen LogP contribution in [0.15, 0.2) is 36.8 Å². The molecule has 4 rings (SSSR count). The highest BCUT2D eigenvalue weighted by Crippen LogP contribution is 2.26. The Labute approximate surface area is 174 Å². The normalized spacial score (nSPS) is 14.8. The summed E-state index contributed by atoms with van der Waals surface area (Å²) in [5.74, 6) is 0.520. The van der Waals surface area contributed by atoms with Crippen molar-refractivity contribution >= 4 is 23.2 Å². The van der Waals surface area contributed by atoms with E-state index in [-0.39, 0.29) is 18.0 Å². The number of nitrogens with zero attached hydrogens (tertiary/aromatic N) is 6. The SMILES string of the molecule is CCOC(=O)N1CCC(N(C)c2nc3cncnc3n2Cc2ccc(F)cc2)CC1. The molecule has 3 aromatic rings. The second kappa shape index (κ2) is 8.64. The lowest BCUT2D eigenvalue weighted by Crippen LogP contribution is -2.46. The number of imidazole rings is 1. The number of benzene rings is 1. The summed E-state index contributed by atoms with van der Waals surface area (Å²) in [6.07, 6.45) is 4.59. The van der Waals surface area contributed by atoms with Crippen molar-refractivity contribution in [1.29, 1.82) is 0 Å². The standard InChI is InChI=1S/C21H25FN6O2/c1-3-30-21(29)27-10-8-17(9-11-27)26(2)20-25-18-12-23-14-24-19(18)28(20)13-15-4-6-16(22)7-5-15/h4-7,12,14,17H,3,8-11,13H2,1-2H3. The molecule has 30 heavy (non-hydrogen) atoms. The second-order valence-electron chi connectivity index (χ2n) is 7.38. The quantitative estimate of drug-likeness (QED) is 0.641. The highest BCUT2D eigenvalue weighted by molar-refractivity contribution is 5.74. The van der Waals surface area contributed by atoms with Crippen molar-refractivity contribution in [2.45, 2.75) is 32.4 Å². The molecule has 0 N–H and O–H groups in total. The number of fused-ring (bicyclic) bond motifs is 1. The summed E-state index contributed by atoms with van der Waals surface area (Å²) < 4.78 is 20.5. The molecule has 158 valence electrons. The summed E-state index contributed by atoms with van der Waals surface area (Å²) in [7, 11) is 2.01. The zero-order valence-electron chi connectivity index (χ0n) is 17.2. The van der Waals surface area contributed by atoms with Crippen LogP contribution in [-0.2, 0) is 11.3 Å². The van der Waals surface area contributed by atoms with Crippen LogP contribution in [0, 0.1) is 5.82 Å². The maximum Gasteiger partial charge on any atom is 0.409 e. The number of ether oxygens (including phenoxy) is 1. The Hall–Kier alpha value is -3.23. The van der Waals surface area contributed by atoms with Gasteiger partial charge in [0.2, 0.25) is 5.95 Å². The van der Waals surface area contributed by atoms with Gasteiger partial charge in [0.25, 0.3) is 0 Å². The maximum atomic E-state index is 13.3. The van der Waals surface area contributed by atoms with Gasteiger partial charge >= 0.3 is 6.09 Å². The molecule has 0 atom stereocenters. The van der Waals surface area contributed by atoms with Gasteiger partial charge in [0.05, 0.1) is 19.3 Å². The average Bonchev–Trinajstić information content (AvgIpc) is 3.13. The summed E-state index contributed by atoms with van der Waals surface area (Å²) in [4.78, 5) is 29.2. The van der Waals surface area contributed by atoms with Crippen LogP contribution in [0.25, 0.3) is 11.2 Å². The van der Waals surface area contributed by atoms with Crippen LogP contribution in [0.1, 0.15) is 25.3 Å². The number of carbonyl (C=O) groups is 1. The van der Waals surface area contributed by atoms with Gasteiger partial charge in [-0.25, -0.2) is 24.1 Å². The van der Waals surface area contributed by atoms with Crippen LogP contribution in [0.4, 0.5) is 15.1 Å². The highest BCUT2D eigenvalue weighted by atomic mass is 19.1. The number of halogens is 1. The van der Waals surface area contributed by atoms with E-state index in [9.17, 15) is 9.18 Å². The number of piperidine rings is 1. The van der Waals surface area contributed by atoms with Crippen LogP contribution < -0.4 is 4.90 Å². The molecule has 9 heteroatoms. The van der Waals surface area contributed by atoms with Gasteiger partial charge in [-0.1, -0.05) is 12.1 Å². The molecule has 0 radical (unpaired) electrons. The van der Waals surface area contributed by atoms with Crippen molar-refractivity contribution < 1.29 is 13.9 Å². The molecule has 0 bridgehead atoms. The number of carbonyl (C=O) groups excluding carboxylic acids is 1. The maximum absolute atomic E-state index is 13.3. The number of likely N-dealkylation sites (tertiary alicyclic amines) is 1. The molecular weight excluding hydrogens is 387 g/mol. The lowest BCUT2D eigenvalue weighted by Gasteiger charge is -2.36. The first-order chi connectivity index (χ1) is 14.6. The van der Waals surface area contributed by atoms with Crippen molar-refractivity contribution in [3.63, 3.8) is 0 Å². The predicted molar refractivity (Wildman–Crippen MR) is 111 cm³/mol. The molecule has 0 spiro atoms. The minimum Gasteiger partial charge on any atom is -0.450 e. The molecule has 0 unspecified atom stereocenters. The predicted octanol–water partition coefficient (Wildman–Crippen LogP) is 3.07. The number of rotatable bonds is 5. The monoisotopic (exact) mass is 412 g/mol. The number of anilines is 1. The molecule has 3 heterocycles. The molecule has 1 fully saturated rings. The van der Waals surface area contributed by atoms with Crippen LogP contribution in [0.5, 0.6) is 0 Å². The van der Waals surface area contributed by atoms with Crippen molar-refractivity contribution in [2.24, 2.45) is 0 Å². The van der Waals surface area contributed by atoms with Gasteiger partial charge in [0.15, 0.2) is 5.65 Å². The second-order valence-corrected chi connectivity index (χ2v) is 7.38. The van der Waals surface area contributed by atoms with Crippen LogP contribution in [0.3, 0.4) is 0 Å². The van der Waals surface area contributed by atoms with Crippen LogP contribution in [-0.4, -0.2) is 63.3 Å². The molecular formula is C21H25FN6O2. The molecule has 8 nitrogen and oxygen atoms in total. The molecule has 1 amide bonds. The van der Waals surface area contributed by atoms with E-state index in [0.29, 0.717) is 31.8 Å². The van der Waals surface area contributed by atoms with Gasteiger partial charge in [-0.05, 0) is 37.5 Å². The fourth-order valence-corrected chi connectivity index (χ4v) is 3.87. The lowest BCUT2D eigenvalue weighted by molar-refractivity contribution is 0.0970. The zero-order chi connectivity index (χ0) is 21.1. The van der Waals surface area contributed by atoms with Crippen molar-refractivity contribution in [3.8, 4) is 0 Å². The number of aromatic nitrogens is 4. The third-order valence-corrected chi connectivity index (χ3v) is 5.50. The summed E-state index contributed by atoms with van der Waals surface area (Å²) in [6.45, 7) is 4.01. The van der Waals surface area contributed by atoms with E-state index in [0.717, 1.165) is 30.0 Å². The van der Waals surface area contributed by atoms with E-state index in [1.165, 1.54) is 18.5 Å². The Kier molecular flexibility index (Phi) is 5.78. The Balaban J connectivity index is 1.57. The van der Waals surface area contributed by atoms with E-state index < -0.39 is 0 Å². The fourth-order valence-electron chi connectivity index (χ4n) is 3.87. The Morgan fingerprint density at radius 1 is 1.27 bits per heavy atom. The summed E-state index contributed by atoms with van der Waals surface area (Å²) in [5, 5.41) is 0. The highest BCUT2D eigenvalue weighted by Gasteiger charge is 2.28. The average molecular weight is 412 g/mol. The molecule has 1 aromatic carbocycles.